The molecule has 1 unspecified atom stereocenters. The number of hydrogen-bond acceptors (Lipinski definition) is 2. The Morgan fingerprint density at radius 2 is 2.35 bits per heavy atom. The molecule has 0 spiro atoms. The average molecular weight is 233 g/mol. The smallest absolute Gasteiger partial charge is 0.324 e. The maximum atomic E-state index is 12.3. The predicted molar refractivity (Wildman–Crippen MR) is 68.0 cm³/mol. The van der Waals surface area contributed by atoms with E-state index in [4.69, 9.17) is 0 Å². The molecule has 2 amide bonds. The van der Waals surface area contributed by atoms with Gasteiger partial charge in [-0.1, -0.05) is 13.0 Å². The fraction of sp³-hybridized carbons (Fsp3) is 0.538. The van der Waals surface area contributed by atoms with Gasteiger partial charge in [-0.15, -0.1) is 0 Å². The van der Waals surface area contributed by atoms with Crippen molar-refractivity contribution in [2.24, 2.45) is 5.92 Å². The summed E-state index contributed by atoms with van der Waals surface area (Å²) in [6.45, 7) is 3.91. The van der Waals surface area contributed by atoms with Crippen LogP contribution in [0.4, 0.5) is 10.6 Å². The maximum absolute atomic E-state index is 12.3. The van der Waals surface area contributed by atoms with Gasteiger partial charge in [-0.2, -0.15) is 0 Å². The molecule has 0 aromatic carbocycles. The van der Waals surface area contributed by atoms with Gasteiger partial charge >= 0.3 is 6.03 Å². The number of carbonyl (C=O) groups excluding carboxylic acids is 1. The summed E-state index contributed by atoms with van der Waals surface area (Å²) in [5, 5.41) is 0. The Labute approximate surface area is 102 Å². The number of rotatable bonds is 1. The highest BCUT2D eigenvalue weighted by molar-refractivity contribution is 5.90. The van der Waals surface area contributed by atoms with Crippen molar-refractivity contribution >= 4 is 11.8 Å². The van der Waals surface area contributed by atoms with Crippen LogP contribution in [0.5, 0.6) is 0 Å². The molecule has 1 aromatic rings. The predicted octanol–water partition coefficient (Wildman–Crippen LogP) is 2.37. The van der Waals surface area contributed by atoms with Gasteiger partial charge in [0.2, 0.25) is 0 Å². The monoisotopic (exact) mass is 233 g/mol. The average Bonchev–Trinajstić information content (AvgIpc) is 2.38. The minimum atomic E-state index is 0.0512. The van der Waals surface area contributed by atoms with Gasteiger partial charge in [0.15, 0.2) is 0 Å². The van der Waals surface area contributed by atoms with Crippen molar-refractivity contribution in [3.05, 3.63) is 24.4 Å². The number of amides is 2. The second-order valence-electron chi connectivity index (χ2n) is 4.72. The highest BCUT2D eigenvalue weighted by atomic mass is 16.2. The quantitative estimate of drug-likeness (QED) is 0.746. The molecule has 1 saturated heterocycles. The number of likely N-dealkylation sites (tertiary alicyclic amines) is 1. The first-order valence-corrected chi connectivity index (χ1v) is 6.12. The van der Waals surface area contributed by atoms with Crippen molar-refractivity contribution in [1.29, 1.82) is 0 Å². The number of nitrogens with zero attached hydrogens (tertiary/aromatic N) is 3. The van der Waals surface area contributed by atoms with E-state index in [1.165, 1.54) is 6.42 Å². The highest BCUT2D eigenvalue weighted by Crippen LogP contribution is 2.18. The van der Waals surface area contributed by atoms with Crippen molar-refractivity contribution in [2.45, 2.75) is 19.8 Å². The number of piperidine rings is 1. The van der Waals surface area contributed by atoms with Gasteiger partial charge in [0.05, 0.1) is 0 Å². The summed E-state index contributed by atoms with van der Waals surface area (Å²) in [6.07, 6.45) is 4.03. The van der Waals surface area contributed by atoms with Gasteiger partial charge < -0.3 is 4.90 Å². The lowest BCUT2D eigenvalue weighted by Crippen LogP contribution is -2.46. The molecular weight excluding hydrogens is 214 g/mol. The highest BCUT2D eigenvalue weighted by Gasteiger charge is 2.24. The maximum Gasteiger partial charge on any atom is 0.325 e. The minimum Gasteiger partial charge on any atom is -0.324 e. The SMILES string of the molecule is CC1CCCN(C(=O)N(C)c2ccccn2)C1. The van der Waals surface area contributed by atoms with E-state index in [9.17, 15) is 4.79 Å². The van der Waals surface area contributed by atoms with Crippen LogP contribution in [0.1, 0.15) is 19.8 Å². The molecule has 4 nitrogen and oxygen atoms in total. The second-order valence-corrected chi connectivity index (χ2v) is 4.72. The molecule has 1 aromatic heterocycles. The van der Waals surface area contributed by atoms with E-state index in [1.807, 2.05) is 23.1 Å². The van der Waals surface area contributed by atoms with Crippen LogP contribution in [0, 0.1) is 5.92 Å². The number of aromatic nitrogens is 1. The van der Waals surface area contributed by atoms with Crippen LogP contribution in [0.3, 0.4) is 0 Å². The van der Waals surface area contributed by atoms with Crippen molar-refractivity contribution < 1.29 is 4.79 Å². The summed E-state index contributed by atoms with van der Waals surface area (Å²) in [4.78, 5) is 20.0. The van der Waals surface area contributed by atoms with Crippen molar-refractivity contribution in [3.8, 4) is 0 Å². The van der Waals surface area contributed by atoms with Gasteiger partial charge in [0, 0.05) is 26.3 Å². The molecule has 4 heteroatoms. The minimum absolute atomic E-state index is 0.0512. The number of hydrogen-bond donors (Lipinski definition) is 0. The molecule has 1 fully saturated rings. The lowest BCUT2D eigenvalue weighted by atomic mass is 10.0. The van der Waals surface area contributed by atoms with Gasteiger partial charge in [-0.25, -0.2) is 9.78 Å². The van der Waals surface area contributed by atoms with Crippen molar-refractivity contribution in [2.75, 3.05) is 25.0 Å². The first-order valence-electron chi connectivity index (χ1n) is 6.12. The molecule has 1 aliphatic heterocycles. The topological polar surface area (TPSA) is 36.4 Å². The fourth-order valence-corrected chi connectivity index (χ4v) is 2.23. The van der Waals surface area contributed by atoms with Crippen LogP contribution in [-0.4, -0.2) is 36.1 Å². The number of anilines is 1. The molecule has 1 aliphatic rings. The normalized spacial score (nSPS) is 20.1. The van der Waals surface area contributed by atoms with E-state index in [2.05, 4.69) is 11.9 Å². The molecule has 0 radical (unpaired) electrons. The Hall–Kier alpha value is -1.58. The third-order valence-electron chi connectivity index (χ3n) is 3.21. The molecule has 2 rings (SSSR count). The molecule has 0 bridgehead atoms. The van der Waals surface area contributed by atoms with E-state index in [1.54, 1.807) is 18.1 Å². The molecular formula is C13H19N3O. The Morgan fingerprint density at radius 3 is 3.00 bits per heavy atom. The van der Waals surface area contributed by atoms with Gasteiger partial charge in [-0.05, 0) is 30.9 Å². The first-order chi connectivity index (χ1) is 8.18. The van der Waals surface area contributed by atoms with Crippen LogP contribution < -0.4 is 4.90 Å². The number of pyridine rings is 1. The molecule has 92 valence electrons. The lowest BCUT2D eigenvalue weighted by molar-refractivity contribution is 0.177. The molecule has 1 atom stereocenters. The zero-order valence-electron chi connectivity index (χ0n) is 10.5. The summed E-state index contributed by atoms with van der Waals surface area (Å²) in [5.41, 5.74) is 0. The fourth-order valence-electron chi connectivity index (χ4n) is 2.23. The Kier molecular flexibility index (Phi) is 3.61. The lowest BCUT2D eigenvalue weighted by Gasteiger charge is -2.33. The summed E-state index contributed by atoms with van der Waals surface area (Å²) in [7, 11) is 1.78. The van der Waals surface area contributed by atoms with E-state index in [0.717, 1.165) is 19.5 Å². The molecule has 0 aliphatic carbocycles. The van der Waals surface area contributed by atoms with Crippen molar-refractivity contribution in [3.63, 3.8) is 0 Å². The summed E-state index contributed by atoms with van der Waals surface area (Å²) in [6, 6.07) is 5.65. The molecule has 0 N–H and O–H groups in total. The molecule has 2 heterocycles. The van der Waals surface area contributed by atoms with E-state index in [-0.39, 0.29) is 6.03 Å². The van der Waals surface area contributed by atoms with E-state index >= 15 is 0 Å². The van der Waals surface area contributed by atoms with Gasteiger partial charge in [-0.3, -0.25) is 4.90 Å². The van der Waals surface area contributed by atoms with E-state index in [0.29, 0.717) is 11.7 Å². The van der Waals surface area contributed by atoms with Crippen molar-refractivity contribution in [1.82, 2.24) is 9.88 Å². The molecule has 0 saturated carbocycles. The Balaban J connectivity index is 2.04. The van der Waals surface area contributed by atoms with Gasteiger partial charge in [0.25, 0.3) is 0 Å². The summed E-state index contributed by atoms with van der Waals surface area (Å²) in [5.74, 6) is 1.31. The van der Waals surface area contributed by atoms with E-state index < -0.39 is 0 Å². The van der Waals surface area contributed by atoms with Crippen LogP contribution in [-0.2, 0) is 0 Å². The van der Waals surface area contributed by atoms with Crippen LogP contribution in [0.2, 0.25) is 0 Å². The number of urea groups is 1. The Morgan fingerprint density at radius 1 is 1.53 bits per heavy atom. The number of carbonyl (C=O) groups is 1. The van der Waals surface area contributed by atoms with Crippen LogP contribution in [0.15, 0.2) is 24.4 Å². The summed E-state index contributed by atoms with van der Waals surface area (Å²) >= 11 is 0. The largest absolute Gasteiger partial charge is 0.325 e. The summed E-state index contributed by atoms with van der Waals surface area (Å²) < 4.78 is 0. The first kappa shape index (κ1) is 11.9. The molecule has 17 heavy (non-hydrogen) atoms. The van der Waals surface area contributed by atoms with Gasteiger partial charge in [0.1, 0.15) is 5.82 Å². The third-order valence-corrected chi connectivity index (χ3v) is 3.21. The Bertz CT molecular complexity index is 380. The third kappa shape index (κ3) is 2.75. The zero-order valence-corrected chi connectivity index (χ0v) is 10.5. The standard InChI is InChI=1S/C13H19N3O/c1-11-6-5-9-16(10-11)13(17)15(2)12-7-3-4-8-14-12/h3-4,7-8,11H,5-6,9-10H2,1-2H3. The van der Waals surface area contributed by atoms with Crippen LogP contribution >= 0.6 is 0 Å². The second kappa shape index (κ2) is 5.17. The zero-order chi connectivity index (χ0) is 12.3. The van der Waals surface area contributed by atoms with Crippen LogP contribution in [0.25, 0.3) is 0 Å².